The number of nitrogens with one attached hydrogen (secondary N) is 1. The van der Waals surface area contributed by atoms with Gasteiger partial charge in [0, 0.05) is 6.54 Å². The summed E-state index contributed by atoms with van der Waals surface area (Å²) in [5, 5.41) is 3.25. The predicted octanol–water partition coefficient (Wildman–Crippen LogP) is 4.80. The lowest BCUT2D eigenvalue weighted by molar-refractivity contribution is 0.207. The summed E-state index contributed by atoms with van der Waals surface area (Å²) in [7, 11) is 0. The number of hydrogen-bond acceptors (Lipinski definition) is 1. The second-order valence-electron chi connectivity index (χ2n) is 5.25. The molecule has 2 heteroatoms. The first-order valence-corrected chi connectivity index (χ1v) is 7.71. The molecule has 0 fully saturated rings. The van der Waals surface area contributed by atoms with E-state index in [0.717, 1.165) is 29.3 Å². The first kappa shape index (κ1) is 16.9. The van der Waals surface area contributed by atoms with Crippen molar-refractivity contribution in [2.75, 3.05) is 6.54 Å². The summed E-state index contributed by atoms with van der Waals surface area (Å²) in [5.74, 6) is 2.66. The van der Waals surface area contributed by atoms with Gasteiger partial charge in [0.15, 0.2) is 0 Å². The molecule has 0 saturated heterocycles. The zero-order valence-electron chi connectivity index (χ0n) is 12.4. The Kier molecular flexibility index (Phi) is 9.81. The van der Waals surface area contributed by atoms with E-state index in [1.165, 1.54) is 32.1 Å². The maximum absolute atomic E-state index is 5.02. The first-order valence-electron chi connectivity index (χ1n) is 7.31. The molecular formula is C15H31NS. The number of rotatable bonds is 9. The molecule has 0 aliphatic rings. The largest absolute Gasteiger partial charge is 0.380 e. The molecule has 2 unspecified atom stereocenters. The Hall–Kier alpha value is -0.110. The molecule has 0 aliphatic carbocycles. The molecule has 0 bridgehead atoms. The Balaban J connectivity index is 3.98. The summed E-state index contributed by atoms with van der Waals surface area (Å²) in [6.45, 7) is 12.4. The van der Waals surface area contributed by atoms with E-state index in [2.05, 4.69) is 33.0 Å². The van der Waals surface area contributed by atoms with Gasteiger partial charge in [0.05, 0.1) is 4.99 Å². The molecule has 102 valence electrons. The van der Waals surface area contributed by atoms with Crippen LogP contribution in [0, 0.1) is 17.8 Å². The van der Waals surface area contributed by atoms with E-state index in [-0.39, 0.29) is 0 Å². The second-order valence-corrected chi connectivity index (χ2v) is 5.86. The zero-order valence-corrected chi connectivity index (χ0v) is 13.2. The maximum atomic E-state index is 5.02. The maximum Gasteiger partial charge on any atom is 0.0721 e. The van der Waals surface area contributed by atoms with Crippen molar-refractivity contribution in [2.24, 2.45) is 17.8 Å². The molecule has 0 heterocycles. The van der Waals surface area contributed by atoms with Crippen molar-refractivity contribution < 1.29 is 0 Å². The van der Waals surface area contributed by atoms with Crippen LogP contribution in [-0.2, 0) is 0 Å². The van der Waals surface area contributed by atoms with E-state index < -0.39 is 0 Å². The van der Waals surface area contributed by atoms with Crippen LogP contribution in [0.15, 0.2) is 0 Å². The lowest BCUT2D eigenvalue weighted by atomic mass is 9.76. The molecule has 0 saturated carbocycles. The van der Waals surface area contributed by atoms with E-state index in [1.807, 2.05) is 6.92 Å². The van der Waals surface area contributed by atoms with Crippen LogP contribution in [0.3, 0.4) is 0 Å². The smallest absolute Gasteiger partial charge is 0.0721 e. The van der Waals surface area contributed by atoms with Crippen LogP contribution in [0.4, 0.5) is 0 Å². The second kappa shape index (κ2) is 9.87. The van der Waals surface area contributed by atoms with E-state index in [9.17, 15) is 0 Å². The van der Waals surface area contributed by atoms with Crippen LogP contribution in [0.5, 0.6) is 0 Å². The van der Waals surface area contributed by atoms with Crippen molar-refractivity contribution in [1.82, 2.24) is 5.32 Å². The Morgan fingerprint density at radius 2 is 1.71 bits per heavy atom. The molecule has 0 radical (unpaired) electrons. The fourth-order valence-corrected chi connectivity index (χ4v) is 3.10. The van der Waals surface area contributed by atoms with Crippen molar-refractivity contribution in [2.45, 2.75) is 66.7 Å². The molecular weight excluding hydrogens is 226 g/mol. The normalized spacial score (nSPS) is 14.7. The van der Waals surface area contributed by atoms with Gasteiger partial charge in [0.1, 0.15) is 0 Å². The highest BCUT2D eigenvalue weighted by molar-refractivity contribution is 7.80. The molecule has 1 nitrogen and oxygen atoms in total. The summed E-state index contributed by atoms with van der Waals surface area (Å²) >= 11 is 5.02. The molecule has 17 heavy (non-hydrogen) atoms. The Labute approximate surface area is 114 Å². The fourth-order valence-electron chi connectivity index (χ4n) is 3.00. The van der Waals surface area contributed by atoms with Gasteiger partial charge in [-0.3, -0.25) is 0 Å². The molecule has 2 atom stereocenters. The quantitative estimate of drug-likeness (QED) is 0.470. The van der Waals surface area contributed by atoms with E-state index in [0.29, 0.717) is 0 Å². The van der Waals surface area contributed by atoms with Crippen molar-refractivity contribution in [3.63, 3.8) is 0 Å². The highest BCUT2D eigenvalue weighted by Crippen LogP contribution is 2.31. The third-order valence-electron chi connectivity index (χ3n) is 4.07. The molecule has 0 amide bonds. The van der Waals surface area contributed by atoms with Gasteiger partial charge in [-0.1, -0.05) is 59.2 Å². The molecule has 0 aromatic carbocycles. The van der Waals surface area contributed by atoms with Gasteiger partial charge in [-0.2, -0.15) is 0 Å². The highest BCUT2D eigenvalue weighted by atomic mass is 32.1. The molecule has 1 N–H and O–H groups in total. The van der Waals surface area contributed by atoms with Crippen molar-refractivity contribution >= 4 is 17.2 Å². The van der Waals surface area contributed by atoms with E-state index >= 15 is 0 Å². The standard InChI is InChI=1S/C15H31NS/c1-6-14(7-2)15(8-3)12(4)10-9-11-16-13(5)17/h12,14-15H,6-11H2,1-5H3,(H,16,17). The monoisotopic (exact) mass is 257 g/mol. The Bertz CT molecular complexity index is 199. The van der Waals surface area contributed by atoms with E-state index in [4.69, 9.17) is 12.2 Å². The average Bonchev–Trinajstić information content (AvgIpc) is 2.30. The van der Waals surface area contributed by atoms with E-state index in [1.54, 1.807) is 0 Å². The molecule has 0 aromatic heterocycles. The first-order chi connectivity index (χ1) is 8.06. The van der Waals surface area contributed by atoms with Crippen LogP contribution >= 0.6 is 12.2 Å². The molecule has 0 aromatic rings. The summed E-state index contributed by atoms with van der Waals surface area (Å²) in [6.07, 6.45) is 6.55. The molecule has 0 spiro atoms. The van der Waals surface area contributed by atoms with Crippen LogP contribution in [0.1, 0.15) is 66.7 Å². The minimum Gasteiger partial charge on any atom is -0.380 e. The van der Waals surface area contributed by atoms with Crippen molar-refractivity contribution in [3.8, 4) is 0 Å². The Morgan fingerprint density at radius 1 is 1.12 bits per heavy atom. The van der Waals surface area contributed by atoms with Gasteiger partial charge in [0.2, 0.25) is 0 Å². The summed E-state index contributed by atoms with van der Waals surface area (Å²) in [5.41, 5.74) is 0. The van der Waals surface area contributed by atoms with Crippen LogP contribution < -0.4 is 5.32 Å². The van der Waals surface area contributed by atoms with Crippen LogP contribution in [0.25, 0.3) is 0 Å². The number of hydrogen-bond donors (Lipinski definition) is 1. The third kappa shape index (κ3) is 7.03. The summed E-state index contributed by atoms with van der Waals surface area (Å²) in [6, 6.07) is 0. The Morgan fingerprint density at radius 3 is 2.12 bits per heavy atom. The summed E-state index contributed by atoms with van der Waals surface area (Å²) in [4.78, 5) is 0.921. The fraction of sp³-hybridized carbons (Fsp3) is 0.933. The van der Waals surface area contributed by atoms with Crippen molar-refractivity contribution in [3.05, 3.63) is 0 Å². The lowest BCUT2D eigenvalue weighted by Crippen LogP contribution is -2.23. The van der Waals surface area contributed by atoms with Gasteiger partial charge >= 0.3 is 0 Å². The highest BCUT2D eigenvalue weighted by Gasteiger charge is 2.22. The molecule has 0 rings (SSSR count). The van der Waals surface area contributed by atoms with Crippen molar-refractivity contribution in [1.29, 1.82) is 0 Å². The predicted molar refractivity (Wildman–Crippen MR) is 82.5 cm³/mol. The topological polar surface area (TPSA) is 12.0 Å². The molecule has 0 aliphatic heterocycles. The summed E-state index contributed by atoms with van der Waals surface area (Å²) < 4.78 is 0. The van der Waals surface area contributed by atoms with Gasteiger partial charge in [-0.05, 0) is 37.5 Å². The number of thiocarbonyl (C=S) groups is 1. The SMILES string of the molecule is CCC(CC)C(CC)C(C)CCCNC(C)=S. The zero-order chi connectivity index (χ0) is 13.3. The average molecular weight is 257 g/mol. The third-order valence-corrected chi connectivity index (χ3v) is 4.21. The van der Waals surface area contributed by atoms with Crippen LogP contribution in [0.2, 0.25) is 0 Å². The van der Waals surface area contributed by atoms with Gasteiger partial charge < -0.3 is 5.32 Å². The van der Waals surface area contributed by atoms with Gasteiger partial charge in [-0.25, -0.2) is 0 Å². The minimum atomic E-state index is 0.845. The van der Waals surface area contributed by atoms with Gasteiger partial charge in [-0.15, -0.1) is 0 Å². The van der Waals surface area contributed by atoms with Gasteiger partial charge in [0.25, 0.3) is 0 Å². The van der Waals surface area contributed by atoms with Crippen LogP contribution in [-0.4, -0.2) is 11.5 Å². The lowest BCUT2D eigenvalue weighted by Gasteiger charge is -2.30. The minimum absolute atomic E-state index is 0.845.